The van der Waals surface area contributed by atoms with Gasteiger partial charge in [0.05, 0.1) is 12.6 Å². The van der Waals surface area contributed by atoms with Crippen LogP contribution in [0.15, 0.2) is 6.07 Å². The van der Waals surface area contributed by atoms with E-state index in [1.807, 2.05) is 17.9 Å². The molecular formula is C17H26N4O2. The average molecular weight is 318 g/mol. The van der Waals surface area contributed by atoms with Gasteiger partial charge in [0.2, 0.25) is 5.91 Å². The molecule has 1 saturated carbocycles. The quantitative estimate of drug-likeness (QED) is 0.890. The van der Waals surface area contributed by atoms with Crippen LogP contribution >= 0.6 is 0 Å². The van der Waals surface area contributed by atoms with Crippen molar-refractivity contribution < 1.29 is 9.90 Å². The molecule has 1 aliphatic heterocycles. The normalized spacial score (nSPS) is 24.7. The molecule has 1 amide bonds. The van der Waals surface area contributed by atoms with Crippen LogP contribution in [-0.2, 0) is 4.79 Å². The minimum Gasteiger partial charge on any atom is -0.393 e. The number of anilines is 1. The fourth-order valence-electron chi connectivity index (χ4n) is 3.26. The molecule has 6 nitrogen and oxygen atoms in total. The fraction of sp³-hybridized carbons (Fsp3) is 0.706. The Balaban J connectivity index is 1.69. The number of hydrogen-bond donors (Lipinski definition) is 1. The van der Waals surface area contributed by atoms with E-state index >= 15 is 0 Å². The molecule has 0 bridgehead atoms. The number of aliphatic hydroxyl groups excluding tert-OH is 1. The molecular weight excluding hydrogens is 292 g/mol. The lowest BCUT2D eigenvalue weighted by Gasteiger charge is -2.36. The molecule has 0 radical (unpaired) electrons. The van der Waals surface area contributed by atoms with Crippen LogP contribution in [0.5, 0.6) is 0 Å². The summed E-state index contributed by atoms with van der Waals surface area (Å²) in [6.45, 7) is 6.87. The maximum Gasteiger partial charge on any atom is 0.242 e. The largest absolute Gasteiger partial charge is 0.393 e. The zero-order valence-corrected chi connectivity index (χ0v) is 14.0. The van der Waals surface area contributed by atoms with Crippen LogP contribution < -0.4 is 4.90 Å². The molecule has 1 saturated heterocycles. The summed E-state index contributed by atoms with van der Waals surface area (Å²) >= 11 is 0. The van der Waals surface area contributed by atoms with Crippen LogP contribution in [0.4, 0.5) is 5.82 Å². The van der Waals surface area contributed by atoms with Crippen molar-refractivity contribution in [3.05, 3.63) is 17.6 Å². The molecule has 3 rings (SSSR count). The lowest BCUT2D eigenvalue weighted by atomic mass is 9.80. The predicted octanol–water partition coefficient (Wildman–Crippen LogP) is 1.47. The van der Waals surface area contributed by atoms with Crippen molar-refractivity contribution in [2.75, 3.05) is 31.1 Å². The van der Waals surface area contributed by atoms with Crippen LogP contribution in [-0.4, -0.2) is 58.2 Å². The minimum absolute atomic E-state index is 0.182. The van der Waals surface area contributed by atoms with E-state index in [9.17, 15) is 9.90 Å². The maximum atomic E-state index is 12.3. The van der Waals surface area contributed by atoms with Crippen molar-refractivity contribution in [1.29, 1.82) is 0 Å². The second-order valence-electron chi connectivity index (χ2n) is 6.68. The number of aryl methyl sites for hydroxylation is 1. The summed E-state index contributed by atoms with van der Waals surface area (Å²) in [7, 11) is 0. The second kappa shape index (κ2) is 6.83. The lowest BCUT2D eigenvalue weighted by Crippen LogP contribution is -2.51. The van der Waals surface area contributed by atoms with E-state index in [1.165, 1.54) is 0 Å². The molecule has 2 aliphatic rings. The lowest BCUT2D eigenvalue weighted by molar-refractivity contribution is -0.131. The molecule has 1 N–H and O–H groups in total. The molecule has 0 atom stereocenters. The first-order valence-corrected chi connectivity index (χ1v) is 8.63. The van der Waals surface area contributed by atoms with Crippen molar-refractivity contribution in [2.45, 2.75) is 51.6 Å². The van der Waals surface area contributed by atoms with Crippen molar-refractivity contribution in [1.82, 2.24) is 14.9 Å². The van der Waals surface area contributed by atoms with Gasteiger partial charge >= 0.3 is 0 Å². The predicted molar refractivity (Wildman–Crippen MR) is 88.5 cm³/mol. The van der Waals surface area contributed by atoms with Gasteiger partial charge in [0, 0.05) is 37.3 Å². The Hall–Kier alpha value is -1.69. The summed E-state index contributed by atoms with van der Waals surface area (Å²) in [6.07, 6.45) is 3.53. The molecule has 0 spiro atoms. The van der Waals surface area contributed by atoms with Gasteiger partial charge in [-0.3, -0.25) is 4.79 Å². The molecule has 1 aromatic rings. The number of carbonyl (C=O) groups is 1. The topological polar surface area (TPSA) is 69.6 Å². The highest BCUT2D eigenvalue weighted by atomic mass is 16.3. The Kier molecular flexibility index (Phi) is 4.80. The van der Waals surface area contributed by atoms with Gasteiger partial charge in [-0.15, -0.1) is 0 Å². The van der Waals surface area contributed by atoms with Crippen LogP contribution in [0.25, 0.3) is 0 Å². The van der Waals surface area contributed by atoms with E-state index in [2.05, 4.69) is 21.8 Å². The van der Waals surface area contributed by atoms with E-state index in [0.29, 0.717) is 12.5 Å². The first-order valence-electron chi connectivity index (χ1n) is 8.63. The first kappa shape index (κ1) is 16.2. The number of piperazine rings is 1. The summed E-state index contributed by atoms with van der Waals surface area (Å²) in [5.41, 5.74) is 0.999. The number of nitrogens with zero attached hydrogens (tertiary/aromatic N) is 4. The van der Waals surface area contributed by atoms with E-state index in [0.717, 1.165) is 62.7 Å². The highest BCUT2D eigenvalue weighted by molar-refractivity contribution is 5.82. The average Bonchev–Trinajstić information content (AvgIpc) is 2.50. The number of carbonyl (C=O) groups excluding carboxylic acids is 1. The monoisotopic (exact) mass is 318 g/mol. The number of hydrogen-bond acceptors (Lipinski definition) is 5. The van der Waals surface area contributed by atoms with Gasteiger partial charge in [0.1, 0.15) is 11.6 Å². The minimum atomic E-state index is -0.192. The van der Waals surface area contributed by atoms with E-state index in [-0.39, 0.29) is 12.0 Å². The standard InChI is InChI=1S/C17H26N4O2/c1-3-4-5-20-6-7-21(11-17(20)23)16-10-15(18-12(2)19-16)13-8-14(22)9-13/h10,13-14,22H,3-9,11H2,1-2H3. The number of amides is 1. The third-order valence-corrected chi connectivity index (χ3v) is 4.80. The van der Waals surface area contributed by atoms with Crippen LogP contribution in [0.1, 0.15) is 50.0 Å². The molecule has 2 fully saturated rings. The first-order chi connectivity index (χ1) is 11.1. The number of rotatable bonds is 5. The van der Waals surface area contributed by atoms with Gasteiger partial charge in [0.15, 0.2) is 0 Å². The zero-order chi connectivity index (χ0) is 16.4. The van der Waals surface area contributed by atoms with Crippen molar-refractivity contribution in [3.8, 4) is 0 Å². The molecule has 6 heteroatoms. The third-order valence-electron chi connectivity index (χ3n) is 4.80. The highest BCUT2D eigenvalue weighted by Crippen LogP contribution is 2.36. The third kappa shape index (κ3) is 3.63. The molecule has 0 aromatic carbocycles. The number of aromatic nitrogens is 2. The van der Waals surface area contributed by atoms with Crippen molar-refractivity contribution in [3.63, 3.8) is 0 Å². The van der Waals surface area contributed by atoms with Gasteiger partial charge in [0.25, 0.3) is 0 Å². The van der Waals surface area contributed by atoms with Gasteiger partial charge in [-0.05, 0) is 26.2 Å². The highest BCUT2D eigenvalue weighted by Gasteiger charge is 2.31. The van der Waals surface area contributed by atoms with Crippen LogP contribution in [0.3, 0.4) is 0 Å². The summed E-state index contributed by atoms with van der Waals surface area (Å²) in [5, 5.41) is 9.50. The molecule has 1 aliphatic carbocycles. The van der Waals surface area contributed by atoms with Crippen molar-refractivity contribution >= 4 is 11.7 Å². The Morgan fingerprint density at radius 1 is 1.30 bits per heavy atom. The zero-order valence-electron chi connectivity index (χ0n) is 14.0. The number of unbranched alkanes of at least 4 members (excludes halogenated alkanes) is 1. The Morgan fingerprint density at radius 3 is 2.74 bits per heavy atom. The van der Waals surface area contributed by atoms with Gasteiger partial charge in [-0.1, -0.05) is 13.3 Å². The molecule has 1 aromatic heterocycles. The van der Waals surface area contributed by atoms with E-state index < -0.39 is 0 Å². The fourth-order valence-corrected chi connectivity index (χ4v) is 3.26. The summed E-state index contributed by atoms with van der Waals surface area (Å²) in [6, 6.07) is 2.00. The van der Waals surface area contributed by atoms with Gasteiger partial charge in [-0.2, -0.15) is 0 Å². The maximum absolute atomic E-state index is 12.3. The van der Waals surface area contributed by atoms with E-state index in [1.54, 1.807) is 0 Å². The molecule has 2 heterocycles. The summed E-state index contributed by atoms with van der Waals surface area (Å²) in [4.78, 5) is 25.4. The number of aliphatic hydroxyl groups is 1. The van der Waals surface area contributed by atoms with Crippen molar-refractivity contribution in [2.24, 2.45) is 0 Å². The Morgan fingerprint density at radius 2 is 2.09 bits per heavy atom. The summed E-state index contributed by atoms with van der Waals surface area (Å²) in [5.74, 6) is 2.09. The molecule has 126 valence electrons. The van der Waals surface area contributed by atoms with E-state index in [4.69, 9.17) is 0 Å². The molecule has 0 unspecified atom stereocenters. The van der Waals surface area contributed by atoms with Gasteiger partial charge in [-0.25, -0.2) is 9.97 Å². The Labute approximate surface area is 137 Å². The summed E-state index contributed by atoms with van der Waals surface area (Å²) < 4.78 is 0. The SMILES string of the molecule is CCCCN1CCN(c2cc(C3CC(O)C3)nc(C)n2)CC1=O. The molecule has 23 heavy (non-hydrogen) atoms. The second-order valence-corrected chi connectivity index (χ2v) is 6.68. The smallest absolute Gasteiger partial charge is 0.242 e. The Bertz CT molecular complexity index is 572. The van der Waals surface area contributed by atoms with Crippen LogP contribution in [0, 0.1) is 6.92 Å². The van der Waals surface area contributed by atoms with Gasteiger partial charge < -0.3 is 14.9 Å². The van der Waals surface area contributed by atoms with Crippen LogP contribution in [0.2, 0.25) is 0 Å².